The van der Waals surface area contributed by atoms with Crippen LogP contribution in [0.5, 0.6) is 0 Å². The summed E-state index contributed by atoms with van der Waals surface area (Å²) in [7, 11) is 0. The second-order valence-electron chi connectivity index (χ2n) is 6.87. The largest absolute Gasteiger partial charge is 0.281 e. The monoisotopic (exact) mass is 427 g/mol. The van der Waals surface area contributed by atoms with Crippen molar-refractivity contribution >= 4 is 60.9 Å². The number of carbonyl (C=O) groups is 1. The lowest BCUT2D eigenvalue weighted by Gasteiger charge is -2.15. The number of hydrazone groups is 1. The van der Waals surface area contributed by atoms with Gasteiger partial charge < -0.3 is 0 Å². The van der Waals surface area contributed by atoms with Gasteiger partial charge in [0.05, 0.1) is 16.4 Å². The second kappa shape index (κ2) is 7.82. The van der Waals surface area contributed by atoms with E-state index in [9.17, 15) is 4.79 Å². The topological polar surface area (TPSA) is 45.6 Å². The summed E-state index contributed by atoms with van der Waals surface area (Å²) in [4.78, 5) is 19.3. The van der Waals surface area contributed by atoms with Crippen molar-refractivity contribution in [3.8, 4) is 0 Å². The van der Waals surface area contributed by atoms with E-state index in [-0.39, 0.29) is 5.91 Å². The lowest BCUT2D eigenvalue weighted by atomic mass is 10.0. The molecular formula is C24H17N3OS2. The molecule has 0 aliphatic carbocycles. The SMILES string of the molecule is Cc1ccc2nc(N(/N=C/c3cccs3)C(=O)c3cccc4ccccc34)sc2c1. The first-order valence-corrected chi connectivity index (χ1v) is 11.2. The fourth-order valence-electron chi connectivity index (χ4n) is 3.30. The van der Waals surface area contributed by atoms with Crippen LogP contribution in [0.3, 0.4) is 0 Å². The van der Waals surface area contributed by atoms with Gasteiger partial charge in [-0.1, -0.05) is 59.9 Å². The highest BCUT2D eigenvalue weighted by atomic mass is 32.1. The maximum Gasteiger partial charge on any atom is 0.281 e. The molecule has 0 saturated carbocycles. The number of thiophene rings is 1. The maximum atomic E-state index is 13.6. The minimum atomic E-state index is -0.199. The molecule has 5 aromatic rings. The van der Waals surface area contributed by atoms with E-state index in [0.29, 0.717) is 10.7 Å². The third kappa shape index (κ3) is 3.51. The van der Waals surface area contributed by atoms with Crippen molar-refractivity contribution in [3.05, 3.63) is 94.2 Å². The van der Waals surface area contributed by atoms with Crippen molar-refractivity contribution in [2.24, 2.45) is 5.10 Å². The summed E-state index contributed by atoms with van der Waals surface area (Å²) in [6.07, 6.45) is 1.71. The minimum Gasteiger partial charge on any atom is -0.267 e. The quantitative estimate of drug-likeness (QED) is 0.243. The molecule has 2 aromatic heterocycles. The van der Waals surface area contributed by atoms with Gasteiger partial charge in [0.2, 0.25) is 5.13 Å². The first-order valence-electron chi connectivity index (χ1n) is 9.46. The molecule has 4 nitrogen and oxygen atoms in total. The molecule has 0 atom stereocenters. The Kier molecular flexibility index (Phi) is 4.86. The molecule has 0 radical (unpaired) electrons. The lowest BCUT2D eigenvalue weighted by molar-refractivity contribution is 0.0989. The second-order valence-corrected chi connectivity index (χ2v) is 8.86. The van der Waals surface area contributed by atoms with E-state index in [1.54, 1.807) is 17.6 Å². The normalized spacial score (nSPS) is 11.5. The molecule has 5 rings (SSSR count). The molecule has 6 heteroatoms. The summed E-state index contributed by atoms with van der Waals surface area (Å²) in [5.41, 5.74) is 2.63. The van der Waals surface area contributed by atoms with Crippen molar-refractivity contribution in [3.63, 3.8) is 0 Å². The zero-order valence-electron chi connectivity index (χ0n) is 16.1. The highest BCUT2D eigenvalue weighted by Crippen LogP contribution is 2.31. The average molecular weight is 428 g/mol. The molecule has 146 valence electrons. The van der Waals surface area contributed by atoms with Crippen LogP contribution in [0.15, 0.2) is 83.3 Å². The van der Waals surface area contributed by atoms with E-state index in [2.05, 4.69) is 11.2 Å². The van der Waals surface area contributed by atoms with Crippen LogP contribution in [0.1, 0.15) is 20.8 Å². The third-order valence-corrected chi connectivity index (χ3v) is 6.57. The van der Waals surface area contributed by atoms with E-state index in [4.69, 9.17) is 4.98 Å². The van der Waals surface area contributed by atoms with Crippen molar-refractivity contribution in [1.29, 1.82) is 0 Å². The van der Waals surface area contributed by atoms with Crippen molar-refractivity contribution in [2.45, 2.75) is 6.92 Å². The number of nitrogens with zero attached hydrogens (tertiary/aromatic N) is 3. The Labute approximate surface area is 181 Å². The third-order valence-electron chi connectivity index (χ3n) is 4.77. The summed E-state index contributed by atoms with van der Waals surface area (Å²) in [6.45, 7) is 2.05. The molecule has 30 heavy (non-hydrogen) atoms. The van der Waals surface area contributed by atoms with Gasteiger partial charge in [0.1, 0.15) is 0 Å². The molecule has 0 N–H and O–H groups in total. The summed E-state index contributed by atoms with van der Waals surface area (Å²) in [5, 5.41) is 10.4. The Bertz CT molecular complexity index is 1380. The molecule has 0 saturated heterocycles. The molecule has 3 aromatic carbocycles. The van der Waals surface area contributed by atoms with Gasteiger partial charge in [-0.15, -0.1) is 11.3 Å². The number of hydrogen-bond acceptors (Lipinski definition) is 5. The average Bonchev–Trinajstić information content (AvgIpc) is 3.43. The van der Waals surface area contributed by atoms with E-state index in [1.165, 1.54) is 16.3 Å². The van der Waals surface area contributed by atoms with Crippen LogP contribution in [0.25, 0.3) is 21.0 Å². The Balaban J connectivity index is 1.63. The smallest absolute Gasteiger partial charge is 0.267 e. The zero-order chi connectivity index (χ0) is 20.5. The Morgan fingerprint density at radius 2 is 1.90 bits per heavy atom. The van der Waals surface area contributed by atoms with Crippen molar-refractivity contribution in [2.75, 3.05) is 5.01 Å². The molecule has 0 spiro atoms. The van der Waals surface area contributed by atoms with Crippen LogP contribution in [0, 0.1) is 6.92 Å². The number of amides is 1. The van der Waals surface area contributed by atoms with Gasteiger partial charge in [-0.2, -0.15) is 10.1 Å². The standard InChI is InChI=1S/C24H17N3OS2/c1-16-11-12-21-22(14-16)30-24(26-21)27(25-15-18-8-5-13-29-18)23(28)20-10-4-7-17-6-2-3-9-19(17)20/h2-15H,1H3/b25-15+. The number of carbonyl (C=O) groups excluding carboxylic acids is 1. The van der Waals surface area contributed by atoms with E-state index >= 15 is 0 Å². The highest BCUT2D eigenvalue weighted by Gasteiger charge is 2.22. The minimum absolute atomic E-state index is 0.199. The highest BCUT2D eigenvalue weighted by molar-refractivity contribution is 7.22. The van der Waals surface area contributed by atoms with Crippen LogP contribution >= 0.6 is 22.7 Å². The summed E-state index contributed by atoms with van der Waals surface area (Å²) in [5.74, 6) is -0.199. The molecule has 1 amide bonds. The molecule has 0 aliphatic heterocycles. The number of rotatable bonds is 4. The number of hydrogen-bond donors (Lipinski definition) is 0. The number of fused-ring (bicyclic) bond motifs is 2. The predicted molar refractivity (Wildman–Crippen MR) is 127 cm³/mol. The molecule has 0 aliphatic rings. The first kappa shape index (κ1) is 18.7. The number of aromatic nitrogens is 1. The van der Waals surface area contributed by atoms with Gasteiger partial charge in [0.15, 0.2) is 0 Å². The van der Waals surface area contributed by atoms with Crippen LogP contribution < -0.4 is 5.01 Å². The summed E-state index contributed by atoms with van der Waals surface area (Å²) in [6, 6.07) is 23.7. The van der Waals surface area contributed by atoms with Gasteiger partial charge in [-0.25, -0.2) is 4.98 Å². The van der Waals surface area contributed by atoms with Gasteiger partial charge in [-0.05, 0) is 52.9 Å². The Morgan fingerprint density at radius 1 is 1.03 bits per heavy atom. The van der Waals surface area contributed by atoms with Crippen molar-refractivity contribution < 1.29 is 4.79 Å². The summed E-state index contributed by atoms with van der Waals surface area (Å²) < 4.78 is 1.03. The van der Waals surface area contributed by atoms with E-state index in [1.807, 2.05) is 79.0 Å². The fourth-order valence-corrected chi connectivity index (χ4v) is 4.90. The zero-order valence-corrected chi connectivity index (χ0v) is 17.8. The number of anilines is 1. The van der Waals surface area contributed by atoms with Gasteiger partial charge in [-0.3, -0.25) is 4.79 Å². The van der Waals surface area contributed by atoms with Crippen molar-refractivity contribution in [1.82, 2.24) is 4.98 Å². The van der Waals surface area contributed by atoms with E-state index < -0.39 is 0 Å². The molecular weight excluding hydrogens is 410 g/mol. The lowest BCUT2D eigenvalue weighted by Crippen LogP contribution is -2.25. The van der Waals surface area contributed by atoms with Gasteiger partial charge in [0.25, 0.3) is 5.91 Å². The molecule has 2 heterocycles. The Morgan fingerprint density at radius 3 is 2.77 bits per heavy atom. The van der Waals surface area contributed by atoms with E-state index in [0.717, 1.165) is 31.4 Å². The maximum absolute atomic E-state index is 13.6. The van der Waals surface area contributed by atoms with Crippen LogP contribution in [-0.2, 0) is 0 Å². The number of aryl methyl sites for hydroxylation is 1. The Hall–Kier alpha value is -3.35. The van der Waals surface area contributed by atoms with Gasteiger partial charge >= 0.3 is 0 Å². The van der Waals surface area contributed by atoms with Gasteiger partial charge in [0, 0.05) is 10.4 Å². The summed E-state index contributed by atoms with van der Waals surface area (Å²) >= 11 is 3.04. The van der Waals surface area contributed by atoms with Crippen LogP contribution in [0.2, 0.25) is 0 Å². The molecule has 0 unspecified atom stereocenters. The number of thiazole rings is 1. The first-order chi connectivity index (χ1) is 14.7. The predicted octanol–water partition coefficient (Wildman–Crippen LogP) is 6.50. The van der Waals surface area contributed by atoms with Crippen LogP contribution in [-0.4, -0.2) is 17.1 Å². The fraction of sp³-hybridized carbons (Fsp3) is 0.0417. The molecule has 0 bridgehead atoms. The molecule has 0 fully saturated rings. The number of benzene rings is 3. The van der Waals surface area contributed by atoms with Crippen LogP contribution in [0.4, 0.5) is 5.13 Å².